The van der Waals surface area contributed by atoms with Crippen LogP contribution in [0.3, 0.4) is 0 Å². The summed E-state index contributed by atoms with van der Waals surface area (Å²) < 4.78 is 10.9. The molecule has 0 aromatic heterocycles. The van der Waals surface area contributed by atoms with Crippen molar-refractivity contribution >= 4 is 11.9 Å². The number of likely N-dealkylation sites (N-methyl/N-ethyl adjacent to an activating group) is 1. The average molecular weight is 525 g/mol. The van der Waals surface area contributed by atoms with E-state index in [2.05, 4.69) is 30.7 Å². The number of nitrogens with zero attached hydrogens (tertiary/aromatic N) is 2. The molecular formula is C31H60N2O4. The van der Waals surface area contributed by atoms with Gasteiger partial charge in [-0.15, -0.1) is 0 Å². The molecule has 1 aliphatic rings. The normalized spacial score (nSPS) is 14.8. The number of carbonyl (C=O) groups is 2. The van der Waals surface area contributed by atoms with E-state index in [-0.39, 0.29) is 11.9 Å². The molecule has 0 atom stereocenters. The summed E-state index contributed by atoms with van der Waals surface area (Å²) in [5, 5.41) is 0. The van der Waals surface area contributed by atoms with Gasteiger partial charge in [-0.3, -0.25) is 9.59 Å². The van der Waals surface area contributed by atoms with Crippen LogP contribution in [0.1, 0.15) is 129 Å². The lowest BCUT2D eigenvalue weighted by Crippen LogP contribution is -2.44. The first kappa shape index (κ1) is 33.9. The molecule has 0 amide bonds. The van der Waals surface area contributed by atoms with Gasteiger partial charge in [0, 0.05) is 45.6 Å². The highest BCUT2D eigenvalue weighted by molar-refractivity contribution is 5.69. The number of piperazine rings is 1. The van der Waals surface area contributed by atoms with Gasteiger partial charge in [0.15, 0.2) is 0 Å². The number of ether oxygens (including phenoxy) is 2. The molecular weight excluding hydrogens is 464 g/mol. The van der Waals surface area contributed by atoms with E-state index in [0.717, 1.165) is 84.1 Å². The zero-order chi connectivity index (χ0) is 27.0. The molecule has 0 radical (unpaired) electrons. The van der Waals surface area contributed by atoms with Crippen LogP contribution in [0, 0.1) is 5.92 Å². The Morgan fingerprint density at radius 3 is 1.68 bits per heavy atom. The first-order chi connectivity index (χ1) is 18.0. The first-order valence-corrected chi connectivity index (χ1v) is 15.8. The number of rotatable bonds is 24. The Labute approximate surface area is 229 Å². The van der Waals surface area contributed by atoms with Crippen molar-refractivity contribution in [3.05, 3.63) is 0 Å². The van der Waals surface area contributed by atoms with Crippen LogP contribution in [0.4, 0.5) is 0 Å². The highest BCUT2D eigenvalue weighted by atomic mass is 16.5. The molecule has 1 heterocycles. The lowest BCUT2D eigenvalue weighted by Gasteiger charge is -2.32. The highest BCUT2D eigenvalue weighted by Crippen LogP contribution is 2.21. The van der Waals surface area contributed by atoms with E-state index in [9.17, 15) is 9.59 Å². The molecule has 6 nitrogen and oxygen atoms in total. The molecule has 0 saturated carbocycles. The van der Waals surface area contributed by atoms with Gasteiger partial charge in [0.2, 0.25) is 0 Å². The van der Waals surface area contributed by atoms with Gasteiger partial charge in [0.25, 0.3) is 0 Å². The molecule has 1 aliphatic heterocycles. The predicted molar refractivity (Wildman–Crippen MR) is 154 cm³/mol. The van der Waals surface area contributed by atoms with E-state index >= 15 is 0 Å². The van der Waals surface area contributed by atoms with Crippen LogP contribution >= 0.6 is 0 Å². The molecule has 0 aromatic carbocycles. The highest BCUT2D eigenvalue weighted by Gasteiger charge is 2.13. The Morgan fingerprint density at radius 1 is 0.622 bits per heavy atom. The fourth-order valence-corrected chi connectivity index (χ4v) is 5.07. The van der Waals surface area contributed by atoms with Crippen molar-refractivity contribution in [2.45, 2.75) is 129 Å². The molecule has 218 valence electrons. The van der Waals surface area contributed by atoms with Gasteiger partial charge < -0.3 is 19.3 Å². The number of carbonyl (C=O) groups excluding carboxylic acids is 2. The summed E-state index contributed by atoms with van der Waals surface area (Å²) in [6, 6.07) is 0. The fraction of sp³-hybridized carbons (Fsp3) is 0.935. The van der Waals surface area contributed by atoms with Gasteiger partial charge in [-0.05, 0) is 38.6 Å². The fourth-order valence-electron chi connectivity index (χ4n) is 5.07. The summed E-state index contributed by atoms with van der Waals surface area (Å²) in [7, 11) is 2.16. The smallest absolute Gasteiger partial charge is 0.305 e. The van der Waals surface area contributed by atoms with Crippen molar-refractivity contribution in [3.63, 3.8) is 0 Å². The number of hydrogen-bond donors (Lipinski definition) is 0. The van der Waals surface area contributed by atoms with Gasteiger partial charge in [-0.2, -0.15) is 0 Å². The standard InChI is InChI=1S/C31H60N2O4/c1-4-6-12-17-29(18-13-7-5-2)21-28-37-31(35)20-15-11-9-8-10-14-19-30(34)36-27-16-22-33-25-23-32(3)24-26-33/h29H,4-28H2,1-3H3. The van der Waals surface area contributed by atoms with Gasteiger partial charge in [-0.1, -0.05) is 90.9 Å². The summed E-state index contributed by atoms with van der Waals surface area (Å²) >= 11 is 0. The largest absolute Gasteiger partial charge is 0.466 e. The second-order valence-electron chi connectivity index (χ2n) is 11.2. The van der Waals surface area contributed by atoms with Crippen LogP contribution in [-0.4, -0.2) is 74.7 Å². The maximum absolute atomic E-state index is 12.1. The lowest BCUT2D eigenvalue weighted by molar-refractivity contribution is -0.145. The summed E-state index contributed by atoms with van der Waals surface area (Å²) in [4.78, 5) is 28.8. The molecule has 0 aliphatic carbocycles. The van der Waals surface area contributed by atoms with Gasteiger partial charge >= 0.3 is 11.9 Å². The van der Waals surface area contributed by atoms with E-state index in [4.69, 9.17) is 9.47 Å². The van der Waals surface area contributed by atoms with Crippen molar-refractivity contribution < 1.29 is 19.1 Å². The quantitative estimate of drug-likeness (QED) is 0.100. The maximum Gasteiger partial charge on any atom is 0.305 e. The predicted octanol–water partition coefficient (Wildman–Crippen LogP) is 7.00. The third-order valence-electron chi connectivity index (χ3n) is 7.71. The van der Waals surface area contributed by atoms with Gasteiger partial charge in [0.05, 0.1) is 13.2 Å². The van der Waals surface area contributed by atoms with Crippen molar-refractivity contribution in [3.8, 4) is 0 Å². The Morgan fingerprint density at radius 2 is 1.14 bits per heavy atom. The molecule has 37 heavy (non-hydrogen) atoms. The third-order valence-corrected chi connectivity index (χ3v) is 7.71. The third kappa shape index (κ3) is 20.5. The van der Waals surface area contributed by atoms with Crippen molar-refractivity contribution in [1.82, 2.24) is 9.80 Å². The van der Waals surface area contributed by atoms with E-state index in [0.29, 0.717) is 32.0 Å². The minimum absolute atomic E-state index is 0.0313. The Bertz CT molecular complexity index is 539. The van der Waals surface area contributed by atoms with E-state index in [1.54, 1.807) is 0 Å². The topological polar surface area (TPSA) is 59.1 Å². The number of unbranched alkanes of at least 4 members (excludes halogenated alkanes) is 9. The van der Waals surface area contributed by atoms with Crippen LogP contribution < -0.4 is 0 Å². The number of hydrogen-bond acceptors (Lipinski definition) is 6. The zero-order valence-electron chi connectivity index (χ0n) is 24.8. The first-order valence-electron chi connectivity index (χ1n) is 15.8. The van der Waals surface area contributed by atoms with Crippen molar-refractivity contribution in [2.75, 3.05) is 53.0 Å². The maximum atomic E-state index is 12.1. The lowest BCUT2D eigenvalue weighted by atomic mass is 9.92. The molecule has 0 aromatic rings. The minimum Gasteiger partial charge on any atom is -0.466 e. The Balaban J connectivity index is 1.91. The van der Waals surface area contributed by atoms with Crippen LogP contribution in [-0.2, 0) is 19.1 Å². The molecule has 1 rings (SSSR count). The van der Waals surface area contributed by atoms with E-state index in [1.165, 1.54) is 51.4 Å². The van der Waals surface area contributed by atoms with Crippen LogP contribution in [0.5, 0.6) is 0 Å². The summed E-state index contributed by atoms with van der Waals surface area (Å²) in [6.45, 7) is 11.1. The molecule has 0 bridgehead atoms. The summed E-state index contributed by atoms with van der Waals surface area (Å²) in [6.07, 6.45) is 19.5. The molecule has 6 heteroatoms. The molecule has 1 fully saturated rings. The Kier molecular flexibility index (Phi) is 21.9. The van der Waals surface area contributed by atoms with Crippen LogP contribution in [0.25, 0.3) is 0 Å². The van der Waals surface area contributed by atoms with Gasteiger partial charge in [0.1, 0.15) is 0 Å². The monoisotopic (exact) mass is 524 g/mol. The van der Waals surface area contributed by atoms with E-state index in [1.807, 2.05) is 0 Å². The summed E-state index contributed by atoms with van der Waals surface area (Å²) in [5.74, 6) is 0.626. The number of esters is 2. The minimum atomic E-state index is -0.0564. The summed E-state index contributed by atoms with van der Waals surface area (Å²) in [5.41, 5.74) is 0. The van der Waals surface area contributed by atoms with E-state index < -0.39 is 0 Å². The molecule has 0 spiro atoms. The van der Waals surface area contributed by atoms with Crippen LogP contribution in [0.15, 0.2) is 0 Å². The molecule has 0 N–H and O–H groups in total. The Hall–Kier alpha value is -1.14. The van der Waals surface area contributed by atoms with Crippen molar-refractivity contribution in [1.29, 1.82) is 0 Å². The zero-order valence-corrected chi connectivity index (χ0v) is 24.8. The SMILES string of the molecule is CCCCCC(CCCCC)CCOC(=O)CCCCCCCCC(=O)OCCCN1CCN(C)CC1. The average Bonchev–Trinajstić information content (AvgIpc) is 2.89. The van der Waals surface area contributed by atoms with Gasteiger partial charge in [-0.25, -0.2) is 0 Å². The second kappa shape index (κ2) is 23.9. The molecule has 0 unspecified atom stereocenters. The van der Waals surface area contributed by atoms with Crippen LogP contribution in [0.2, 0.25) is 0 Å². The second-order valence-corrected chi connectivity index (χ2v) is 11.2. The van der Waals surface area contributed by atoms with Crippen molar-refractivity contribution in [2.24, 2.45) is 5.92 Å². The molecule has 1 saturated heterocycles.